The van der Waals surface area contributed by atoms with Gasteiger partial charge in [0.25, 0.3) is 0 Å². The maximum atomic E-state index is 11.7. The van der Waals surface area contributed by atoms with E-state index in [4.69, 9.17) is 10.00 Å². The van der Waals surface area contributed by atoms with Crippen LogP contribution in [-0.4, -0.2) is 12.6 Å². The topological polar surface area (TPSA) is 50.1 Å². The minimum absolute atomic E-state index is 0.343. The summed E-state index contributed by atoms with van der Waals surface area (Å²) >= 11 is 2.14. The van der Waals surface area contributed by atoms with Crippen molar-refractivity contribution in [3.8, 4) is 6.07 Å². The van der Waals surface area contributed by atoms with Crippen LogP contribution in [-0.2, 0) is 11.2 Å². The second-order valence-corrected chi connectivity index (χ2v) is 4.33. The first-order valence-electron chi connectivity index (χ1n) is 5.03. The summed E-state index contributed by atoms with van der Waals surface area (Å²) in [5.41, 5.74) is 1.94. The highest BCUT2D eigenvalue weighted by Crippen LogP contribution is 2.21. The van der Waals surface area contributed by atoms with E-state index in [9.17, 15) is 4.79 Å². The third-order valence-corrected chi connectivity index (χ3v) is 3.14. The highest BCUT2D eigenvalue weighted by Gasteiger charge is 2.15. The van der Waals surface area contributed by atoms with Gasteiger partial charge in [-0.15, -0.1) is 0 Å². The number of rotatable bonds is 3. The molecule has 0 aromatic heterocycles. The number of hydrogen-bond acceptors (Lipinski definition) is 3. The molecule has 0 spiro atoms. The lowest BCUT2D eigenvalue weighted by Gasteiger charge is -2.09. The van der Waals surface area contributed by atoms with E-state index < -0.39 is 0 Å². The van der Waals surface area contributed by atoms with Crippen LogP contribution in [0.4, 0.5) is 0 Å². The van der Waals surface area contributed by atoms with Gasteiger partial charge >= 0.3 is 5.97 Å². The average Bonchev–Trinajstić information content (AvgIpc) is 2.28. The van der Waals surface area contributed by atoms with E-state index in [-0.39, 0.29) is 5.97 Å². The molecular formula is C12H12INO2. The van der Waals surface area contributed by atoms with Gasteiger partial charge in [0.15, 0.2) is 0 Å². The monoisotopic (exact) mass is 329 g/mol. The lowest BCUT2D eigenvalue weighted by Crippen LogP contribution is -2.09. The minimum Gasteiger partial charge on any atom is -0.462 e. The average molecular weight is 329 g/mol. The van der Waals surface area contributed by atoms with Crippen LogP contribution in [0, 0.1) is 14.9 Å². The summed E-state index contributed by atoms with van der Waals surface area (Å²) in [5, 5.41) is 8.86. The molecule has 0 saturated heterocycles. The Morgan fingerprint density at radius 1 is 1.50 bits per heavy atom. The van der Waals surface area contributed by atoms with Gasteiger partial charge in [0.1, 0.15) is 0 Å². The van der Waals surface area contributed by atoms with Crippen LogP contribution in [0.25, 0.3) is 0 Å². The van der Waals surface area contributed by atoms with Gasteiger partial charge < -0.3 is 4.74 Å². The van der Waals surface area contributed by atoms with Crippen LogP contribution in [0.15, 0.2) is 12.1 Å². The molecule has 0 atom stereocenters. The molecule has 1 aromatic carbocycles. The van der Waals surface area contributed by atoms with Crippen molar-refractivity contribution in [3.63, 3.8) is 0 Å². The maximum absolute atomic E-state index is 11.7. The fraction of sp³-hybridized carbons (Fsp3) is 0.333. The molecule has 4 heteroatoms. The SMILES string of the molecule is CCOC(=O)c1cc(C#N)cc(I)c1CC. The molecule has 0 radical (unpaired) electrons. The van der Waals surface area contributed by atoms with Crippen LogP contribution in [0.1, 0.15) is 35.3 Å². The Kier molecular flexibility index (Phi) is 4.74. The Labute approximate surface area is 109 Å². The van der Waals surface area contributed by atoms with Gasteiger partial charge in [-0.05, 0) is 53.6 Å². The van der Waals surface area contributed by atoms with Crippen LogP contribution in [0.3, 0.4) is 0 Å². The smallest absolute Gasteiger partial charge is 0.338 e. The van der Waals surface area contributed by atoms with Crippen LogP contribution in [0.2, 0.25) is 0 Å². The van der Waals surface area contributed by atoms with E-state index in [2.05, 4.69) is 22.6 Å². The second-order valence-electron chi connectivity index (χ2n) is 3.17. The van der Waals surface area contributed by atoms with Crippen molar-refractivity contribution in [3.05, 3.63) is 32.4 Å². The van der Waals surface area contributed by atoms with Crippen LogP contribution >= 0.6 is 22.6 Å². The number of carbonyl (C=O) groups excluding carboxylic acids is 1. The number of esters is 1. The number of benzene rings is 1. The summed E-state index contributed by atoms with van der Waals surface area (Å²) in [6.45, 7) is 4.09. The van der Waals surface area contributed by atoms with E-state index in [0.717, 1.165) is 15.6 Å². The fourth-order valence-electron chi connectivity index (χ4n) is 1.45. The Morgan fingerprint density at radius 2 is 2.19 bits per heavy atom. The molecule has 84 valence electrons. The number of nitrogens with zero attached hydrogens (tertiary/aromatic N) is 1. The van der Waals surface area contributed by atoms with Crippen molar-refractivity contribution in [2.24, 2.45) is 0 Å². The molecule has 1 rings (SSSR count). The number of carbonyl (C=O) groups is 1. The van der Waals surface area contributed by atoms with Gasteiger partial charge in [0.05, 0.1) is 23.8 Å². The molecule has 1 aromatic rings. The molecule has 3 nitrogen and oxygen atoms in total. The van der Waals surface area contributed by atoms with E-state index in [1.54, 1.807) is 19.1 Å². The first-order valence-corrected chi connectivity index (χ1v) is 6.11. The predicted molar refractivity (Wildman–Crippen MR) is 69.2 cm³/mol. The Hall–Kier alpha value is -1.09. The van der Waals surface area contributed by atoms with Crippen molar-refractivity contribution in [1.82, 2.24) is 0 Å². The van der Waals surface area contributed by atoms with Gasteiger partial charge in [-0.2, -0.15) is 5.26 Å². The van der Waals surface area contributed by atoms with Gasteiger partial charge in [-0.25, -0.2) is 4.79 Å². The first kappa shape index (κ1) is 13.0. The molecule has 0 aliphatic heterocycles. The lowest BCUT2D eigenvalue weighted by atomic mass is 10.0. The molecule has 0 bridgehead atoms. The number of nitriles is 1. The van der Waals surface area contributed by atoms with Crippen molar-refractivity contribution < 1.29 is 9.53 Å². The van der Waals surface area contributed by atoms with E-state index in [0.29, 0.717) is 17.7 Å². The van der Waals surface area contributed by atoms with E-state index >= 15 is 0 Å². The fourth-order valence-corrected chi connectivity index (χ4v) is 2.46. The quantitative estimate of drug-likeness (QED) is 0.633. The Bertz CT molecular complexity index is 449. The normalized spacial score (nSPS) is 9.62. The third kappa shape index (κ3) is 2.73. The zero-order valence-corrected chi connectivity index (χ0v) is 11.4. The van der Waals surface area contributed by atoms with Gasteiger partial charge in [-0.3, -0.25) is 0 Å². The van der Waals surface area contributed by atoms with Crippen molar-refractivity contribution in [2.45, 2.75) is 20.3 Å². The molecule has 0 amide bonds. The molecule has 16 heavy (non-hydrogen) atoms. The van der Waals surface area contributed by atoms with E-state index in [1.165, 1.54) is 0 Å². The van der Waals surface area contributed by atoms with Crippen molar-refractivity contribution in [2.75, 3.05) is 6.61 Å². The summed E-state index contributed by atoms with van der Waals surface area (Å²) in [4.78, 5) is 11.7. The summed E-state index contributed by atoms with van der Waals surface area (Å²) < 4.78 is 5.91. The zero-order chi connectivity index (χ0) is 12.1. The predicted octanol–water partition coefficient (Wildman–Crippen LogP) is 2.90. The molecule has 0 saturated carbocycles. The van der Waals surface area contributed by atoms with Gasteiger partial charge in [0, 0.05) is 3.57 Å². The lowest BCUT2D eigenvalue weighted by molar-refractivity contribution is 0.0525. The van der Waals surface area contributed by atoms with E-state index in [1.807, 2.05) is 13.0 Å². The van der Waals surface area contributed by atoms with Crippen LogP contribution < -0.4 is 0 Å². The highest BCUT2D eigenvalue weighted by atomic mass is 127. The molecule has 0 heterocycles. The summed E-state index contributed by atoms with van der Waals surface area (Å²) in [5.74, 6) is -0.352. The molecule has 0 fully saturated rings. The highest BCUT2D eigenvalue weighted by molar-refractivity contribution is 14.1. The molecule has 0 aliphatic rings. The summed E-state index contributed by atoms with van der Waals surface area (Å²) in [6.07, 6.45) is 0.748. The molecule has 0 N–H and O–H groups in total. The van der Waals surface area contributed by atoms with Crippen LogP contribution in [0.5, 0.6) is 0 Å². The summed E-state index contributed by atoms with van der Waals surface area (Å²) in [6, 6.07) is 5.42. The minimum atomic E-state index is -0.352. The van der Waals surface area contributed by atoms with Gasteiger partial charge in [0.2, 0.25) is 0 Å². The van der Waals surface area contributed by atoms with Crippen molar-refractivity contribution >= 4 is 28.6 Å². The van der Waals surface area contributed by atoms with Crippen molar-refractivity contribution in [1.29, 1.82) is 5.26 Å². The number of halogens is 1. The second kappa shape index (κ2) is 5.85. The largest absolute Gasteiger partial charge is 0.462 e. The third-order valence-electron chi connectivity index (χ3n) is 2.17. The molecule has 0 aliphatic carbocycles. The van der Waals surface area contributed by atoms with Gasteiger partial charge in [-0.1, -0.05) is 6.92 Å². The first-order chi connectivity index (χ1) is 7.63. The molecule has 0 unspecified atom stereocenters. The zero-order valence-electron chi connectivity index (χ0n) is 9.21. The Morgan fingerprint density at radius 3 is 2.69 bits per heavy atom. The number of hydrogen-bond donors (Lipinski definition) is 0. The summed E-state index contributed by atoms with van der Waals surface area (Å²) in [7, 11) is 0. The maximum Gasteiger partial charge on any atom is 0.338 e. The Balaban J connectivity index is 3.29. The number of ether oxygens (including phenoxy) is 1. The molecular weight excluding hydrogens is 317 g/mol. The standard InChI is InChI=1S/C12H12INO2/c1-3-9-10(12(15)16-4-2)5-8(7-14)6-11(9)13/h5-6H,3-4H2,1-2H3.